The fraction of sp³-hybridized carbons (Fsp3) is 0.450. The average Bonchev–Trinajstić information content (AvgIpc) is 2.62. The van der Waals surface area contributed by atoms with Gasteiger partial charge >= 0.3 is 0 Å². The number of aromatic nitrogens is 1. The largest absolute Gasteiger partial charge is 0.329 e. The summed E-state index contributed by atoms with van der Waals surface area (Å²) in [4.78, 5) is 9.47. The molecule has 0 N–H and O–H groups in total. The Bertz CT molecular complexity index is 607. The molecule has 0 amide bonds. The number of likely N-dealkylation sites (tertiary alicyclic amines) is 1. The highest BCUT2D eigenvalue weighted by molar-refractivity contribution is 5.58. The molecule has 1 fully saturated rings. The number of rotatable bonds is 4. The maximum absolute atomic E-state index is 4.72. The van der Waals surface area contributed by atoms with E-state index in [9.17, 15) is 0 Å². The SMILES string of the molecule is CC(C)N1CCCC[C@@H]1c1ccc(N(C)c2ccccc2)nc1. The Morgan fingerprint density at radius 1 is 1.09 bits per heavy atom. The van der Waals surface area contributed by atoms with Crippen molar-refractivity contribution < 1.29 is 0 Å². The summed E-state index contributed by atoms with van der Waals surface area (Å²) in [6.07, 6.45) is 5.95. The number of pyridine rings is 1. The van der Waals surface area contributed by atoms with Crippen molar-refractivity contribution >= 4 is 11.5 Å². The van der Waals surface area contributed by atoms with E-state index in [0.717, 1.165) is 11.5 Å². The first-order valence-electron chi connectivity index (χ1n) is 8.67. The normalized spacial score (nSPS) is 19.0. The van der Waals surface area contributed by atoms with Crippen molar-refractivity contribution in [1.82, 2.24) is 9.88 Å². The predicted molar refractivity (Wildman–Crippen MR) is 97.2 cm³/mol. The van der Waals surface area contributed by atoms with E-state index in [2.05, 4.69) is 73.3 Å². The Hall–Kier alpha value is -1.87. The Balaban J connectivity index is 1.79. The zero-order valence-electron chi connectivity index (χ0n) is 14.4. The van der Waals surface area contributed by atoms with Gasteiger partial charge in [-0.2, -0.15) is 0 Å². The summed E-state index contributed by atoms with van der Waals surface area (Å²) >= 11 is 0. The molecular weight excluding hydrogens is 282 g/mol. The molecule has 0 radical (unpaired) electrons. The quantitative estimate of drug-likeness (QED) is 0.810. The number of para-hydroxylation sites is 1. The van der Waals surface area contributed by atoms with Crippen LogP contribution in [0.15, 0.2) is 48.7 Å². The van der Waals surface area contributed by atoms with E-state index in [-0.39, 0.29) is 0 Å². The summed E-state index contributed by atoms with van der Waals surface area (Å²) in [6, 6.07) is 15.9. The molecule has 0 spiro atoms. The molecule has 0 aliphatic carbocycles. The minimum atomic E-state index is 0.521. The van der Waals surface area contributed by atoms with Crippen LogP contribution in [0, 0.1) is 0 Å². The summed E-state index contributed by atoms with van der Waals surface area (Å²) in [5, 5.41) is 0. The molecule has 0 saturated carbocycles. The van der Waals surface area contributed by atoms with Gasteiger partial charge in [0, 0.05) is 31.0 Å². The van der Waals surface area contributed by atoms with Crippen LogP contribution in [0.2, 0.25) is 0 Å². The second-order valence-corrected chi connectivity index (χ2v) is 6.69. The topological polar surface area (TPSA) is 19.4 Å². The Morgan fingerprint density at radius 2 is 1.87 bits per heavy atom. The lowest BCUT2D eigenvalue weighted by atomic mass is 9.95. The van der Waals surface area contributed by atoms with Crippen LogP contribution in [0.4, 0.5) is 11.5 Å². The first-order valence-corrected chi connectivity index (χ1v) is 8.67. The third-order valence-corrected chi connectivity index (χ3v) is 4.85. The smallest absolute Gasteiger partial charge is 0.132 e. The van der Waals surface area contributed by atoms with E-state index >= 15 is 0 Å². The second kappa shape index (κ2) is 7.14. The molecule has 122 valence electrons. The summed E-state index contributed by atoms with van der Waals surface area (Å²) in [5.74, 6) is 0.992. The lowest BCUT2D eigenvalue weighted by molar-refractivity contribution is 0.112. The van der Waals surface area contributed by atoms with Gasteiger partial charge in [0.1, 0.15) is 5.82 Å². The van der Waals surface area contributed by atoms with Gasteiger partial charge in [0.05, 0.1) is 0 Å². The first kappa shape index (κ1) is 16.0. The molecule has 1 atom stereocenters. The maximum Gasteiger partial charge on any atom is 0.132 e. The summed E-state index contributed by atoms with van der Waals surface area (Å²) in [7, 11) is 2.07. The summed E-state index contributed by atoms with van der Waals surface area (Å²) in [6.45, 7) is 5.79. The van der Waals surface area contributed by atoms with E-state index in [1.54, 1.807) is 0 Å². The van der Waals surface area contributed by atoms with Gasteiger partial charge in [-0.05, 0) is 57.0 Å². The third-order valence-electron chi connectivity index (χ3n) is 4.85. The van der Waals surface area contributed by atoms with Gasteiger partial charge in [-0.25, -0.2) is 4.98 Å². The van der Waals surface area contributed by atoms with Gasteiger partial charge in [-0.3, -0.25) is 4.90 Å². The maximum atomic E-state index is 4.72. The van der Waals surface area contributed by atoms with Gasteiger partial charge in [0.25, 0.3) is 0 Å². The van der Waals surface area contributed by atoms with Crippen molar-refractivity contribution in [1.29, 1.82) is 0 Å². The van der Waals surface area contributed by atoms with Crippen molar-refractivity contribution in [2.45, 2.75) is 45.2 Å². The fourth-order valence-corrected chi connectivity index (χ4v) is 3.51. The monoisotopic (exact) mass is 309 g/mol. The van der Waals surface area contributed by atoms with Crippen LogP contribution in [0.25, 0.3) is 0 Å². The highest BCUT2D eigenvalue weighted by atomic mass is 15.2. The summed E-state index contributed by atoms with van der Waals surface area (Å²) in [5.41, 5.74) is 2.51. The first-order chi connectivity index (χ1) is 11.2. The van der Waals surface area contributed by atoms with Crippen molar-refractivity contribution in [3.8, 4) is 0 Å². The molecule has 1 saturated heterocycles. The van der Waals surface area contributed by atoms with Crippen molar-refractivity contribution in [2.24, 2.45) is 0 Å². The van der Waals surface area contributed by atoms with E-state index in [1.807, 2.05) is 6.07 Å². The number of nitrogens with zero attached hydrogens (tertiary/aromatic N) is 3. The number of hydrogen-bond acceptors (Lipinski definition) is 3. The standard InChI is InChI=1S/C20H27N3/c1-16(2)23-14-8-7-11-19(23)17-12-13-20(21-15-17)22(3)18-9-5-4-6-10-18/h4-6,9-10,12-13,15-16,19H,7-8,11,14H2,1-3H3/t19-/m1/s1. The molecule has 3 nitrogen and oxygen atoms in total. The van der Waals surface area contributed by atoms with Crippen molar-refractivity contribution in [3.63, 3.8) is 0 Å². The Morgan fingerprint density at radius 3 is 2.52 bits per heavy atom. The molecule has 2 aromatic rings. The second-order valence-electron chi connectivity index (χ2n) is 6.69. The molecular formula is C20H27N3. The van der Waals surface area contributed by atoms with Crippen LogP contribution in [0.3, 0.4) is 0 Å². The van der Waals surface area contributed by atoms with Gasteiger partial charge in [0.15, 0.2) is 0 Å². The van der Waals surface area contributed by atoms with E-state index in [4.69, 9.17) is 4.98 Å². The highest BCUT2D eigenvalue weighted by Crippen LogP contribution is 2.33. The Kier molecular flexibility index (Phi) is 4.97. The van der Waals surface area contributed by atoms with Crippen LogP contribution in [0.5, 0.6) is 0 Å². The van der Waals surface area contributed by atoms with Gasteiger partial charge < -0.3 is 4.90 Å². The molecule has 1 aliphatic heterocycles. The third kappa shape index (κ3) is 3.56. The van der Waals surface area contributed by atoms with Crippen LogP contribution < -0.4 is 4.90 Å². The molecule has 1 aromatic carbocycles. The molecule has 2 heterocycles. The minimum Gasteiger partial charge on any atom is -0.329 e. The van der Waals surface area contributed by atoms with Crippen LogP contribution >= 0.6 is 0 Å². The zero-order chi connectivity index (χ0) is 16.2. The molecule has 3 heteroatoms. The predicted octanol–water partition coefficient (Wildman–Crippen LogP) is 4.78. The molecule has 0 bridgehead atoms. The fourth-order valence-electron chi connectivity index (χ4n) is 3.51. The molecule has 23 heavy (non-hydrogen) atoms. The van der Waals surface area contributed by atoms with E-state index < -0.39 is 0 Å². The number of benzene rings is 1. The minimum absolute atomic E-state index is 0.521. The van der Waals surface area contributed by atoms with Gasteiger partial charge in [-0.1, -0.05) is 30.7 Å². The lowest BCUT2D eigenvalue weighted by Gasteiger charge is -2.38. The van der Waals surface area contributed by atoms with Crippen LogP contribution in [0.1, 0.15) is 44.7 Å². The average molecular weight is 309 g/mol. The van der Waals surface area contributed by atoms with Gasteiger partial charge in [-0.15, -0.1) is 0 Å². The Labute approximate surface area is 140 Å². The number of piperidine rings is 1. The highest BCUT2D eigenvalue weighted by Gasteiger charge is 2.26. The lowest BCUT2D eigenvalue weighted by Crippen LogP contribution is -2.38. The van der Waals surface area contributed by atoms with Crippen LogP contribution in [-0.4, -0.2) is 29.5 Å². The number of hydrogen-bond donors (Lipinski definition) is 0. The van der Waals surface area contributed by atoms with Gasteiger partial charge in [0.2, 0.25) is 0 Å². The molecule has 0 unspecified atom stereocenters. The van der Waals surface area contributed by atoms with E-state index in [0.29, 0.717) is 12.1 Å². The van der Waals surface area contributed by atoms with Crippen molar-refractivity contribution in [3.05, 3.63) is 54.2 Å². The molecule has 1 aromatic heterocycles. The van der Waals surface area contributed by atoms with E-state index in [1.165, 1.54) is 31.4 Å². The molecule has 1 aliphatic rings. The van der Waals surface area contributed by atoms with Crippen LogP contribution in [-0.2, 0) is 0 Å². The number of anilines is 2. The van der Waals surface area contributed by atoms with Crippen molar-refractivity contribution in [2.75, 3.05) is 18.5 Å². The molecule has 3 rings (SSSR count). The zero-order valence-corrected chi connectivity index (χ0v) is 14.4. The summed E-state index contributed by atoms with van der Waals surface area (Å²) < 4.78 is 0.